The number of pyridine rings is 1. The number of unbranched alkanes of at least 4 members (excludes halogenated alkanes) is 5. The SMILES string of the molecule is CCCCCCCCOc1cnc(-c2ccc(O[Si](c3ccccc3)(c3ccccc3)C(C)(C)C)cc2)c(Cl)c1. The van der Waals surface area contributed by atoms with E-state index in [2.05, 4.69) is 93.3 Å². The lowest BCUT2D eigenvalue weighted by Gasteiger charge is -2.43. The Morgan fingerprint density at radius 2 is 1.30 bits per heavy atom. The van der Waals surface area contributed by atoms with E-state index in [1.54, 1.807) is 6.20 Å². The molecule has 4 aromatic rings. The molecule has 0 aliphatic carbocycles. The molecule has 0 bridgehead atoms. The highest BCUT2D eigenvalue weighted by molar-refractivity contribution is 7.00. The minimum absolute atomic E-state index is 0.107. The van der Waals surface area contributed by atoms with Crippen LogP contribution in [0, 0.1) is 0 Å². The third kappa shape index (κ3) is 7.16. The lowest BCUT2D eigenvalue weighted by atomic mass is 10.1. The third-order valence-corrected chi connectivity index (χ3v) is 12.6. The molecule has 40 heavy (non-hydrogen) atoms. The molecule has 0 fully saturated rings. The van der Waals surface area contributed by atoms with Crippen LogP contribution in [0.2, 0.25) is 10.1 Å². The van der Waals surface area contributed by atoms with Gasteiger partial charge >= 0.3 is 8.32 Å². The summed E-state index contributed by atoms with van der Waals surface area (Å²) in [6.07, 6.45) is 9.17. The van der Waals surface area contributed by atoms with Crippen molar-refractivity contribution in [3.63, 3.8) is 0 Å². The van der Waals surface area contributed by atoms with E-state index in [4.69, 9.17) is 20.8 Å². The third-order valence-electron chi connectivity index (χ3n) is 7.40. The molecule has 0 amide bonds. The number of benzene rings is 3. The molecule has 210 valence electrons. The van der Waals surface area contributed by atoms with E-state index in [1.807, 2.05) is 30.3 Å². The molecule has 0 N–H and O–H groups in total. The molecule has 4 rings (SSSR count). The lowest BCUT2D eigenvalue weighted by molar-refractivity contribution is 0.303. The lowest BCUT2D eigenvalue weighted by Crippen LogP contribution is -2.68. The van der Waals surface area contributed by atoms with Crippen molar-refractivity contribution >= 4 is 30.3 Å². The van der Waals surface area contributed by atoms with Gasteiger partial charge in [-0.05, 0) is 46.1 Å². The highest BCUT2D eigenvalue weighted by Crippen LogP contribution is 2.38. The van der Waals surface area contributed by atoms with Gasteiger partial charge in [-0.3, -0.25) is 4.98 Å². The highest BCUT2D eigenvalue weighted by atomic mass is 35.5. The standard InChI is InChI=1S/C35H42ClNO2Si/c1-5-6-7-8-9-16-25-38-30-26-33(36)34(37-27-30)28-21-23-29(24-22-28)39-40(35(2,3)4,31-17-12-10-13-18-31)32-19-14-11-15-20-32/h10-15,17-24,26-27H,5-9,16,25H2,1-4H3. The van der Waals surface area contributed by atoms with E-state index >= 15 is 0 Å². The Kier molecular flexibility index (Phi) is 10.5. The number of ether oxygens (including phenoxy) is 1. The number of hydrogen-bond donors (Lipinski definition) is 0. The normalized spacial score (nSPS) is 11.8. The Balaban J connectivity index is 1.52. The number of nitrogens with zero attached hydrogens (tertiary/aromatic N) is 1. The molecule has 0 spiro atoms. The summed E-state index contributed by atoms with van der Waals surface area (Å²) in [5, 5.41) is 2.98. The zero-order valence-corrected chi connectivity index (χ0v) is 26.1. The van der Waals surface area contributed by atoms with Gasteiger partial charge in [0, 0.05) is 11.6 Å². The molecule has 0 aliphatic heterocycles. The number of hydrogen-bond acceptors (Lipinski definition) is 3. The van der Waals surface area contributed by atoms with Crippen LogP contribution in [0.15, 0.2) is 97.2 Å². The average molecular weight is 572 g/mol. The Hall–Kier alpha value is -3.08. The van der Waals surface area contributed by atoms with Crippen molar-refractivity contribution in [1.82, 2.24) is 4.98 Å². The molecule has 0 unspecified atom stereocenters. The van der Waals surface area contributed by atoms with Gasteiger partial charge in [-0.15, -0.1) is 0 Å². The number of rotatable bonds is 13. The summed E-state index contributed by atoms with van der Waals surface area (Å²) in [5.74, 6) is 1.56. The predicted molar refractivity (Wildman–Crippen MR) is 172 cm³/mol. The summed E-state index contributed by atoms with van der Waals surface area (Å²) in [7, 11) is -2.69. The Bertz CT molecular complexity index is 1280. The molecule has 3 nitrogen and oxygen atoms in total. The van der Waals surface area contributed by atoms with E-state index < -0.39 is 8.32 Å². The fourth-order valence-corrected chi connectivity index (χ4v) is 9.98. The molecule has 0 saturated heterocycles. The van der Waals surface area contributed by atoms with Crippen LogP contribution in [-0.4, -0.2) is 19.9 Å². The molecule has 0 atom stereocenters. The number of aromatic nitrogens is 1. The van der Waals surface area contributed by atoms with Crippen LogP contribution in [-0.2, 0) is 0 Å². The second-order valence-corrected chi connectivity index (χ2v) is 16.0. The first kappa shape index (κ1) is 29.9. The second-order valence-electron chi connectivity index (χ2n) is 11.4. The van der Waals surface area contributed by atoms with Crippen molar-refractivity contribution in [3.8, 4) is 22.8 Å². The Morgan fingerprint density at radius 1 is 0.725 bits per heavy atom. The summed E-state index contributed by atoms with van der Waals surface area (Å²) >= 11 is 6.66. The van der Waals surface area contributed by atoms with Crippen LogP contribution >= 0.6 is 11.6 Å². The first-order chi connectivity index (χ1) is 19.3. The molecule has 5 heteroatoms. The van der Waals surface area contributed by atoms with Crippen molar-refractivity contribution < 1.29 is 9.16 Å². The van der Waals surface area contributed by atoms with Gasteiger partial charge in [0.1, 0.15) is 11.5 Å². The average Bonchev–Trinajstić information content (AvgIpc) is 2.96. The van der Waals surface area contributed by atoms with Gasteiger partial charge in [0.25, 0.3) is 0 Å². The van der Waals surface area contributed by atoms with Crippen molar-refractivity contribution in [3.05, 3.63) is 102 Å². The molecule has 3 aromatic carbocycles. The minimum atomic E-state index is -2.69. The first-order valence-electron chi connectivity index (χ1n) is 14.5. The van der Waals surface area contributed by atoms with Crippen molar-refractivity contribution in [1.29, 1.82) is 0 Å². The molecule has 1 heterocycles. The van der Waals surface area contributed by atoms with Crippen molar-refractivity contribution in [2.75, 3.05) is 6.61 Å². The fourth-order valence-electron chi connectivity index (χ4n) is 5.29. The Morgan fingerprint density at radius 3 is 1.85 bits per heavy atom. The summed E-state index contributed by atoms with van der Waals surface area (Å²) in [5.41, 5.74) is 1.69. The number of halogens is 1. The van der Waals surface area contributed by atoms with Crippen LogP contribution < -0.4 is 19.5 Å². The first-order valence-corrected chi connectivity index (χ1v) is 16.8. The smallest absolute Gasteiger partial charge is 0.319 e. The molecule has 0 radical (unpaired) electrons. The molecule has 0 aliphatic rings. The summed E-state index contributed by atoms with van der Waals surface area (Å²) in [6.45, 7) is 9.79. The quantitative estimate of drug-likeness (QED) is 0.118. The maximum absolute atomic E-state index is 7.13. The van der Waals surface area contributed by atoms with Gasteiger partial charge in [0.15, 0.2) is 0 Å². The van der Waals surface area contributed by atoms with Crippen LogP contribution in [0.3, 0.4) is 0 Å². The maximum Gasteiger partial charge on any atom is 0.319 e. The van der Waals surface area contributed by atoms with E-state index in [0.29, 0.717) is 17.4 Å². The van der Waals surface area contributed by atoms with Crippen LogP contribution in [0.25, 0.3) is 11.3 Å². The van der Waals surface area contributed by atoms with Crippen molar-refractivity contribution in [2.24, 2.45) is 0 Å². The molecule has 0 saturated carbocycles. The van der Waals surface area contributed by atoms with Crippen LogP contribution in [0.1, 0.15) is 66.2 Å². The molecule has 1 aromatic heterocycles. The second kappa shape index (κ2) is 14.0. The topological polar surface area (TPSA) is 31.4 Å². The van der Waals surface area contributed by atoms with Gasteiger partial charge in [-0.1, -0.05) is 132 Å². The van der Waals surface area contributed by atoms with Gasteiger partial charge in [0.2, 0.25) is 0 Å². The summed E-state index contributed by atoms with van der Waals surface area (Å²) in [4.78, 5) is 4.64. The summed E-state index contributed by atoms with van der Waals surface area (Å²) in [6, 6.07) is 31.4. The van der Waals surface area contributed by atoms with Crippen molar-refractivity contribution in [2.45, 2.75) is 71.3 Å². The highest BCUT2D eigenvalue weighted by Gasteiger charge is 2.52. The van der Waals surface area contributed by atoms with E-state index in [0.717, 1.165) is 23.4 Å². The van der Waals surface area contributed by atoms with E-state index in [9.17, 15) is 0 Å². The van der Waals surface area contributed by atoms with Gasteiger partial charge in [-0.2, -0.15) is 0 Å². The fraction of sp³-hybridized carbons (Fsp3) is 0.343. The minimum Gasteiger partial charge on any atom is -0.534 e. The van der Waals surface area contributed by atoms with E-state index in [1.165, 1.54) is 42.5 Å². The van der Waals surface area contributed by atoms with Gasteiger partial charge in [-0.25, -0.2) is 0 Å². The summed E-state index contributed by atoms with van der Waals surface area (Å²) < 4.78 is 13.0. The van der Waals surface area contributed by atoms with Gasteiger partial charge < -0.3 is 9.16 Å². The van der Waals surface area contributed by atoms with Crippen LogP contribution in [0.4, 0.5) is 0 Å². The zero-order chi connectivity index (χ0) is 28.4. The predicted octanol–water partition coefficient (Wildman–Crippen LogP) is 9.08. The zero-order valence-electron chi connectivity index (χ0n) is 24.3. The monoisotopic (exact) mass is 571 g/mol. The molecular formula is C35H42ClNO2Si. The van der Waals surface area contributed by atoms with E-state index in [-0.39, 0.29) is 5.04 Å². The largest absolute Gasteiger partial charge is 0.534 e. The Labute approximate surface area is 246 Å². The van der Waals surface area contributed by atoms with Gasteiger partial charge in [0.05, 0.1) is 23.5 Å². The maximum atomic E-state index is 7.13. The molecular weight excluding hydrogens is 530 g/mol. The van der Waals surface area contributed by atoms with Crippen LogP contribution in [0.5, 0.6) is 11.5 Å².